The average molecular weight is 378 g/mol. The maximum Gasteiger partial charge on any atom is 0.147 e. The molecule has 2 aliphatic rings. The minimum Gasteiger partial charge on any atom is -0.352 e. The molecular weight excluding hydrogens is 334 g/mol. The van der Waals surface area contributed by atoms with Gasteiger partial charge >= 0.3 is 0 Å². The molecule has 0 aliphatic heterocycles. The fourth-order valence-corrected chi connectivity index (χ4v) is 5.06. The van der Waals surface area contributed by atoms with Gasteiger partial charge in [-0.05, 0) is 63.7 Å². The van der Waals surface area contributed by atoms with E-state index in [1.807, 2.05) is 0 Å². The summed E-state index contributed by atoms with van der Waals surface area (Å²) in [4.78, 5) is 0. The summed E-state index contributed by atoms with van der Waals surface area (Å²) in [7, 11) is 0. The highest BCUT2D eigenvalue weighted by Gasteiger charge is 2.35. The standard InChI is InChI=1S/C24H43NO2/c1-3-5-6-7-8-9-21-10-12-22(13-11-21)26-20-27-23-14-17-24(19-25,16-4-2)18-15-23/h21-23H,3-18,20H2,1-2H3/t21-,22-,23-,24-. The molecule has 0 bridgehead atoms. The van der Waals surface area contributed by atoms with Gasteiger partial charge in [0.05, 0.1) is 23.7 Å². The van der Waals surface area contributed by atoms with Crippen molar-refractivity contribution < 1.29 is 9.47 Å². The summed E-state index contributed by atoms with van der Waals surface area (Å²) in [5, 5.41) is 9.50. The van der Waals surface area contributed by atoms with E-state index in [0.717, 1.165) is 44.4 Å². The smallest absolute Gasteiger partial charge is 0.147 e. The Morgan fingerprint density at radius 3 is 2.04 bits per heavy atom. The third-order valence-electron chi connectivity index (χ3n) is 6.97. The monoisotopic (exact) mass is 377 g/mol. The number of ether oxygens (including phenoxy) is 2. The van der Waals surface area contributed by atoms with Crippen molar-refractivity contribution in [2.75, 3.05) is 6.79 Å². The summed E-state index contributed by atoms with van der Waals surface area (Å²) in [5.74, 6) is 0.934. The highest BCUT2D eigenvalue weighted by Crippen LogP contribution is 2.40. The Hall–Kier alpha value is -0.590. The Morgan fingerprint density at radius 1 is 0.815 bits per heavy atom. The molecule has 156 valence electrons. The minimum atomic E-state index is -0.0790. The van der Waals surface area contributed by atoms with Gasteiger partial charge in [0.25, 0.3) is 0 Å². The van der Waals surface area contributed by atoms with Gasteiger partial charge < -0.3 is 9.47 Å². The van der Waals surface area contributed by atoms with Gasteiger partial charge in [-0.15, -0.1) is 0 Å². The SMILES string of the molecule is CCCCCCC[C@H]1CC[C@H](OCO[C@H]2CC[C@@](C#N)(CCC)CC2)CC1. The lowest BCUT2D eigenvalue weighted by Crippen LogP contribution is -2.31. The van der Waals surface area contributed by atoms with Crippen LogP contribution in [0, 0.1) is 22.7 Å². The van der Waals surface area contributed by atoms with Crippen LogP contribution in [0.3, 0.4) is 0 Å². The summed E-state index contributed by atoms with van der Waals surface area (Å²) in [5.41, 5.74) is -0.0790. The Morgan fingerprint density at radius 2 is 1.44 bits per heavy atom. The van der Waals surface area contributed by atoms with E-state index < -0.39 is 0 Å². The first-order valence-electron chi connectivity index (χ1n) is 11.9. The van der Waals surface area contributed by atoms with Crippen LogP contribution >= 0.6 is 0 Å². The summed E-state index contributed by atoms with van der Waals surface area (Å²) in [6.07, 6.45) is 20.4. The number of hydrogen-bond donors (Lipinski definition) is 0. The van der Waals surface area contributed by atoms with Crippen molar-refractivity contribution >= 4 is 0 Å². The summed E-state index contributed by atoms with van der Waals surface area (Å²) in [6.45, 7) is 4.91. The van der Waals surface area contributed by atoms with Gasteiger partial charge in [-0.25, -0.2) is 0 Å². The summed E-state index contributed by atoms with van der Waals surface area (Å²) >= 11 is 0. The molecule has 2 fully saturated rings. The normalized spacial score (nSPS) is 31.5. The van der Waals surface area contributed by atoms with Crippen LogP contribution in [-0.4, -0.2) is 19.0 Å². The molecule has 2 rings (SSSR count). The van der Waals surface area contributed by atoms with E-state index in [0.29, 0.717) is 19.0 Å². The molecule has 27 heavy (non-hydrogen) atoms. The van der Waals surface area contributed by atoms with E-state index in [9.17, 15) is 5.26 Å². The van der Waals surface area contributed by atoms with Gasteiger partial charge in [0, 0.05) is 0 Å². The van der Waals surface area contributed by atoms with Crippen molar-refractivity contribution in [1.82, 2.24) is 0 Å². The van der Waals surface area contributed by atoms with Crippen molar-refractivity contribution in [3.63, 3.8) is 0 Å². The Bertz CT molecular complexity index is 415. The molecule has 2 saturated carbocycles. The number of hydrogen-bond acceptors (Lipinski definition) is 3. The predicted molar refractivity (Wildman–Crippen MR) is 111 cm³/mol. The van der Waals surface area contributed by atoms with Crippen molar-refractivity contribution in [3.8, 4) is 6.07 Å². The quantitative estimate of drug-likeness (QED) is 0.268. The van der Waals surface area contributed by atoms with Crippen molar-refractivity contribution in [1.29, 1.82) is 5.26 Å². The first-order valence-corrected chi connectivity index (χ1v) is 11.9. The Kier molecular flexibility index (Phi) is 10.7. The van der Waals surface area contributed by atoms with Crippen LogP contribution in [0.15, 0.2) is 0 Å². The molecule has 0 radical (unpaired) electrons. The van der Waals surface area contributed by atoms with Gasteiger partial charge in [0.15, 0.2) is 0 Å². The molecule has 0 unspecified atom stereocenters. The fraction of sp³-hybridized carbons (Fsp3) is 0.958. The zero-order valence-electron chi connectivity index (χ0n) is 18.0. The molecule has 0 N–H and O–H groups in total. The third-order valence-corrected chi connectivity index (χ3v) is 6.97. The molecule has 0 aromatic rings. The molecule has 0 aromatic heterocycles. The lowest BCUT2D eigenvalue weighted by Gasteiger charge is -2.35. The molecule has 0 aromatic carbocycles. The lowest BCUT2D eigenvalue weighted by molar-refractivity contribution is -0.137. The van der Waals surface area contributed by atoms with Crippen LogP contribution in [0.4, 0.5) is 0 Å². The summed E-state index contributed by atoms with van der Waals surface area (Å²) < 4.78 is 12.0. The topological polar surface area (TPSA) is 42.2 Å². The van der Waals surface area contributed by atoms with Gasteiger partial charge in [-0.1, -0.05) is 58.8 Å². The van der Waals surface area contributed by atoms with Gasteiger partial charge in [-0.3, -0.25) is 0 Å². The second-order valence-corrected chi connectivity index (χ2v) is 9.14. The zero-order chi connectivity index (χ0) is 19.4. The Balaban J connectivity index is 1.51. The molecule has 3 heteroatoms. The lowest BCUT2D eigenvalue weighted by atomic mass is 9.71. The van der Waals surface area contributed by atoms with Crippen LogP contribution in [0.1, 0.15) is 117 Å². The maximum atomic E-state index is 9.50. The average Bonchev–Trinajstić information content (AvgIpc) is 2.70. The second kappa shape index (κ2) is 12.8. The molecule has 0 spiro atoms. The van der Waals surface area contributed by atoms with Crippen molar-refractivity contribution in [2.24, 2.45) is 11.3 Å². The van der Waals surface area contributed by atoms with E-state index in [-0.39, 0.29) is 5.41 Å². The molecule has 0 amide bonds. The van der Waals surface area contributed by atoms with Gasteiger partial charge in [-0.2, -0.15) is 5.26 Å². The van der Waals surface area contributed by atoms with Crippen LogP contribution in [0.2, 0.25) is 0 Å². The van der Waals surface area contributed by atoms with Crippen molar-refractivity contribution in [3.05, 3.63) is 0 Å². The molecule has 0 atom stereocenters. The first-order chi connectivity index (χ1) is 13.2. The molecule has 0 saturated heterocycles. The molecule has 3 nitrogen and oxygen atoms in total. The van der Waals surface area contributed by atoms with E-state index in [2.05, 4.69) is 19.9 Å². The van der Waals surface area contributed by atoms with Crippen LogP contribution in [0.5, 0.6) is 0 Å². The maximum absolute atomic E-state index is 9.50. The minimum absolute atomic E-state index is 0.0790. The largest absolute Gasteiger partial charge is 0.352 e. The van der Waals surface area contributed by atoms with E-state index in [1.54, 1.807) is 0 Å². The van der Waals surface area contributed by atoms with Gasteiger partial charge in [0.2, 0.25) is 0 Å². The fourth-order valence-electron chi connectivity index (χ4n) is 5.06. The number of nitriles is 1. The predicted octanol–water partition coefficient (Wildman–Crippen LogP) is 7.15. The van der Waals surface area contributed by atoms with Crippen LogP contribution in [0.25, 0.3) is 0 Å². The number of rotatable bonds is 12. The molecule has 2 aliphatic carbocycles. The first kappa shape index (κ1) is 22.7. The second-order valence-electron chi connectivity index (χ2n) is 9.14. The van der Waals surface area contributed by atoms with E-state index in [4.69, 9.17) is 9.47 Å². The highest BCUT2D eigenvalue weighted by atomic mass is 16.7. The molecule has 0 heterocycles. The van der Waals surface area contributed by atoms with E-state index in [1.165, 1.54) is 64.2 Å². The number of nitrogens with zero attached hydrogens (tertiary/aromatic N) is 1. The van der Waals surface area contributed by atoms with Crippen molar-refractivity contribution in [2.45, 2.75) is 129 Å². The van der Waals surface area contributed by atoms with E-state index >= 15 is 0 Å². The van der Waals surface area contributed by atoms with Crippen LogP contribution in [-0.2, 0) is 9.47 Å². The Labute approximate surface area is 168 Å². The number of unbranched alkanes of at least 4 members (excludes halogenated alkanes) is 4. The third kappa shape index (κ3) is 8.12. The zero-order valence-corrected chi connectivity index (χ0v) is 18.0. The highest BCUT2D eigenvalue weighted by molar-refractivity contribution is 5.01. The molecular formula is C24H43NO2. The van der Waals surface area contributed by atoms with Gasteiger partial charge in [0.1, 0.15) is 6.79 Å². The van der Waals surface area contributed by atoms with Crippen LogP contribution < -0.4 is 0 Å². The summed E-state index contributed by atoms with van der Waals surface area (Å²) in [6, 6.07) is 2.59.